The standard InChI is InChI=1S/C34H38ClN7O4S/c1-34(2,3)30-19-31(42(38-30)23-9-11-27(44)25(35)17-23)37-32(45)36-20-22-7-5-6-8-28(22)46-24-10-12-29-26(18-24)41-14-13-40(33(41)47-29)21-39(4)15-16-43/h5-14,17-19,33,43-44H,15-16,20-21H2,1-4H3,(H2,36,37,45). The van der Waals surface area contributed by atoms with Crippen molar-refractivity contribution in [2.24, 2.45) is 0 Å². The number of hydrogen-bond acceptors (Lipinski definition) is 9. The van der Waals surface area contributed by atoms with Crippen LogP contribution in [0.15, 0.2) is 84.0 Å². The second-order valence-electron chi connectivity index (χ2n) is 12.5. The van der Waals surface area contributed by atoms with E-state index in [9.17, 15) is 15.0 Å². The maximum absolute atomic E-state index is 13.2. The van der Waals surface area contributed by atoms with Gasteiger partial charge >= 0.3 is 6.03 Å². The molecule has 11 nitrogen and oxygen atoms in total. The summed E-state index contributed by atoms with van der Waals surface area (Å²) in [6, 6.07) is 19.9. The third kappa shape index (κ3) is 7.15. The lowest BCUT2D eigenvalue weighted by molar-refractivity contribution is 0.164. The minimum absolute atomic E-state index is 0.0346. The number of fused-ring (bicyclic) bond motifs is 3. The molecule has 0 aliphatic carbocycles. The van der Waals surface area contributed by atoms with Crippen LogP contribution in [0, 0.1) is 0 Å². The molecule has 0 radical (unpaired) electrons. The number of aromatic nitrogens is 2. The topological polar surface area (TPSA) is 118 Å². The molecule has 3 heterocycles. The summed E-state index contributed by atoms with van der Waals surface area (Å²) in [5.41, 5.74) is 3.09. The van der Waals surface area contributed by atoms with E-state index in [2.05, 4.69) is 43.8 Å². The maximum atomic E-state index is 13.2. The highest BCUT2D eigenvalue weighted by Gasteiger charge is 2.36. The van der Waals surface area contributed by atoms with Crippen LogP contribution in [0.3, 0.4) is 0 Å². The molecule has 47 heavy (non-hydrogen) atoms. The molecule has 1 unspecified atom stereocenters. The number of benzene rings is 3. The second-order valence-corrected chi connectivity index (χ2v) is 14.0. The summed E-state index contributed by atoms with van der Waals surface area (Å²) in [5, 5.41) is 29.9. The molecule has 0 spiro atoms. The number of phenolic OH excluding ortho intramolecular Hbond substituents is 1. The highest BCUT2D eigenvalue weighted by atomic mass is 35.5. The minimum Gasteiger partial charge on any atom is -0.506 e. The molecule has 0 bridgehead atoms. The molecule has 2 aliphatic heterocycles. The summed E-state index contributed by atoms with van der Waals surface area (Å²) in [4.78, 5) is 20.9. The average molecular weight is 676 g/mol. The van der Waals surface area contributed by atoms with Crippen LogP contribution < -0.4 is 20.3 Å². The predicted molar refractivity (Wildman–Crippen MR) is 185 cm³/mol. The number of carbonyl (C=O) groups is 1. The van der Waals surface area contributed by atoms with Gasteiger partial charge in [-0.15, -0.1) is 0 Å². The molecule has 246 valence electrons. The number of thioether (sulfide) groups is 1. The number of urea groups is 1. The number of phenols is 1. The van der Waals surface area contributed by atoms with Crippen LogP contribution in [0.5, 0.6) is 17.2 Å². The lowest BCUT2D eigenvalue weighted by Gasteiger charge is -2.29. The number of nitrogens with one attached hydrogen (secondary N) is 2. The summed E-state index contributed by atoms with van der Waals surface area (Å²) in [6.45, 7) is 7.79. The van der Waals surface area contributed by atoms with Crippen LogP contribution in [-0.2, 0) is 12.0 Å². The monoisotopic (exact) mass is 675 g/mol. The van der Waals surface area contributed by atoms with Crippen LogP contribution in [0.1, 0.15) is 32.0 Å². The lowest BCUT2D eigenvalue weighted by Crippen LogP contribution is -2.40. The number of para-hydroxylation sites is 1. The first kappa shape index (κ1) is 32.6. The van der Waals surface area contributed by atoms with E-state index >= 15 is 0 Å². The van der Waals surface area contributed by atoms with Crippen LogP contribution in [0.25, 0.3) is 5.69 Å². The zero-order valence-electron chi connectivity index (χ0n) is 26.6. The van der Waals surface area contributed by atoms with Gasteiger partial charge in [0.1, 0.15) is 23.1 Å². The largest absolute Gasteiger partial charge is 0.506 e. The van der Waals surface area contributed by atoms with Crippen LogP contribution in [-0.4, -0.2) is 68.2 Å². The number of halogens is 1. The van der Waals surface area contributed by atoms with Crippen LogP contribution >= 0.6 is 23.4 Å². The minimum atomic E-state index is -0.415. The lowest BCUT2D eigenvalue weighted by atomic mass is 9.92. The summed E-state index contributed by atoms with van der Waals surface area (Å²) in [6.07, 6.45) is 4.15. The van der Waals surface area contributed by atoms with Gasteiger partial charge in [-0.05, 0) is 43.4 Å². The van der Waals surface area contributed by atoms with Crippen molar-refractivity contribution in [3.8, 4) is 22.9 Å². The Morgan fingerprint density at radius 3 is 2.68 bits per heavy atom. The molecule has 2 aliphatic rings. The van der Waals surface area contributed by atoms with E-state index in [-0.39, 0.29) is 34.8 Å². The fourth-order valence-corrected chi connectivity index (χ4v) is 6.68. The summed E-state index contributed by atoms with van der Waals surface area (Å²) in [7, 11) is 1.99. The van der Waals surface area contributed by atoms with Crippen molar-refractivity contribution >= 4 is 40.9 Å². The third-order valence-corrected chi connectivity index (χ3v) is 9.41. The second kappa shape index (κ2) is 13.4. The number of carbonyl (C=O) groups excluding carboxylic acids is 1. The number of rotatable bonds is 10. The van der Waals surface area contributed by atoms with Crippen LogP contribution in [0.2, 0.25) is 5.02 Å². The fraction of sp³-hybridized carbons (Fsp3) is 0.294. The Bertz CT molecular complexity index is 1810. The molecule has 4 aromatic rings. The number of nitrogens with zero attached hydrogens (tertiary/aromatic N) is 5. The number of likely N-dealkylation sites (N-methyl/N-ethyl adjacent to an activating group) is 1. The van der Waals surface area contributed by atoms with Crippen molar-refractivity contribution < 1.29 is 19.7 Å². The summed E-state index contributed by atoms with van der Waals surface area (Å²) < 4.78 is 7.97. The maximum Gasteiger partial charge on any atom is 0.320 e. The molecule has 13 heteroatoms. The molecule has 3 aromatic carbocycles. The molecule has 6 rings (SSSR count). The van der Waals surface area contributed by atoms with E-state index in [1.54, 1.807) is 28.6 Å². The smallest absolute Gasteiger partial charge is 0.320 e. The predicted octanol–water partition coefficient (Wildman–Crippen LogP) is 6.51. The Morgan fingerprint density at radius 2 is 1.91 bits per heavy atom. The Balaban J connectivity index is 1.13. The van der Waals surface area contributed by atoms with Gasteiger partial charge in [-0.1, -0.05) is 62.3 Å². The highest BCUT2D eigenvalue weighted by Crippen LogP contribution is 2.49. The van der Waals surface area contributed by atoms with Crippen molar-refractivity contribution in [1.82, 2.24) is 24.9 Å². The highest BCUT2D eigenvalue weighted by molar-refractivity contribution is 8.00. The zero-order chi connectivity index (χ0) is 33.3. The van der Waals surface area contributed by atoms with Gasteiger partial charge in [0.25, 0.3) is 0 Å². The van der Waals surface area contributed by atoms with Gasteiger partial charge < -0.3 is 30.1 Å². The fourth-order valence-electron chi connectivity index (χ4n) is 5.27. The van der Waals surface area contributed by atoms with E-state index < -0.39 is 6.03 Å². The number of aliphatic hydroxyl groups excluding tert-OH is 1. The summed E-state index contributed by atoms with van der Waals surface area (Å²) >= 11 is 7.95. The van der Waals surface area contributed by atoms with Gasteiger partial charge in [-0.2, -0.15) is 5.10 Å². The molecule has 0 saturated heterocycles. The van der Waals surface area contributed by atoms with Gasteiger partial charge in [0, 0.05) is 53.5 Å². The Labute approximate surface area is 283 Å². The Hall–Kier alpha value is -4.36. The molecular weight excluding hydrogens is 638 g/mol. The normalized spacial score (nSPS) is 15.3. The van der Waals surface area contributed by atoms with Gasteiger partial charge in [-0.25, -0.2) is 9.48 Å². The van der Waals surface area contributed by atoms with Crippen molar-refractivity contribution in [1.29, 1.82) is 0 Å². The number of hydrogen-bond donors (Lipinski definition) is 4. The van der Waals surface area contributed by atoms with Crippen molar-refractivity contribution in [3.05, 3.63) is 95.4 Å². The summed E-state index contributed by atoms with van der Waals surface area (Å²) in [5.74, 6) is 1.76. The SMILES string of the molecule is CN(CCO)CN1C=CN2c3cc(Oc4ccccc4CNC(=O)Nc4cc(C(C)(C)C)nn4-c4ccc(O)c(Cl)c4)ccc3SC12. The van der Waals surface area contributed by atoms with Gasteiger partial charge in [0.05, 0.1) is 35.4 Å². The molecule has 2 amide bonds. The van der Waals surface area contributed by atoms with Crippen molar-refractivity contribution in [3.63, 3.8) is 0 Å². The first-order chi connectivity index (χ1) is 22.5. The average Bonchev–Trinajstić information content (AvgIpc) is 3.73. The Kier molecular flexibility index (Phi) is 9.29. The van der Waals surface area contributed by atoms with E-state index in [0.29, 0.717) is 36.2 Å². The molecule has 4 N–H and O–H groups in total. The van der Waals surface area contributed by atoms with Gasteiger partial charge in [0.2, 0.25) is 0 Å². The van der Waals surface area contributed by atoms with Crippen molar-refractivity contribution in [2.75, 3.05) is 37.1 Å². The first-order valence-corrected chi connectivity index (χ1v) is 16.5. The molecule has 1 atom stereocenters. The van der Waals surface area contributed by atoms with Crippen LogP contribution in [0.4, 0.5) is 16.3 Å². The zero-order valence-corrected chi connectivity index (χ0v) is 28.2. The Morgan fingerprint density at radius 1 is 1.11 bits per heavy atom. The first-order valence-electron chi connectivity index (χ1n) is 15.2. The van der Waals surface area contributed by atoms with E-state index in [4.69, 9.17) is 21.4 Å². The van der Waals surface area contributed by atoms with E-state index in [1.165, 1.54) is 6.07 Å². The number of anilines is 2. The number of amides is 2. The molecule has 0 fully saturated rings. The number of aliphatic hydroxyl groups is 1. The van der Waals surface area contributed by atoms with E-state index in [1.807, 2.05) is 70.3 Å². The van der Waals surface area contributed by atoms with Gasteiger partial charge in [-0.3, -0.25) is 10.2 Å². The number of ether oxygens (including phenoxy) is 1. The third-order valence-electron chi connectivity index (χ3n) is 7.80. The molecular formula is C34H38ClN7O4S. The molecule has 1 aromatic heterocycles. The molecule has 0 saturated carbocycles. The van der Waals surface area contributed by atoms with Crippen molar-refractivity contribution in [2.45, 2.75) is 43.1 Å². The number of aromatic hydroxyl groups is 1. The van der Waals surface area contributed by atoms with Gasteiger partial charge in [0.15, 0.2) is 5.50 Å². The quantitative estimate of drug-likeness (QED) is 0.149. The van der Waals surface area contributed by atoms with E-state index in [0.717, 1.165) is 21.8 Å².